The summed E-state index contributed by atoms with van der Waals surface area (Å²) < 4.78 is 10.8. The quantitative estimate of drug-likeness (QED) is 0.635. The van der Waals surface area contributed by atoms with Gasteiger partial charge in [0.2, 0.25) is 0 Å². The van der Waals surface area contributed by atoms with E-state index >= 15 is 0 Å². The van der Waals surface area contributed by atoms with Crippen LogP contribution in [0.2, 0.25) is 0 Å². The summed E-state index contributed by atoms with van der Waals surface area (Å²) in [7, 11) is 0. The molecule has 0 aliphatic rings. The predicted molar refractivity (Wildman–Crippen MR) is 92.5 cm³/mol. The summed E-state index contributed by atoms with van der Waals surface area (Å²) in [4.78, 5) is 22.9. The van der Waals surface area contributed by atoms with Gasteiger partial charge in [0, 0.05) is 19.4 Å². The number of aliphatic hydroxyl groups is 1. The largest absolute Gasteiger partial charge is 0.426 e. The molecule has 0 amide bonds. The van der Waals surface area contributed by atoms with Gasteiger partial charge in [-0.2, -0.15) is 0 Å². The first kappa shape index (κ1) is 20.2. The van der Waals surface area contributed by atoms with Crippen LogP contribution in [0.3, 0.4) is 0 Å². The van der Waals surface area contributed by atoms with Gasteiger partial charge in [-0.3, -0.25) is 9.59 Å². The van der Waals surface area contributed by atoms with E-state index in [0.29, 0.717) is 30.8 Å². The topological polar surface area (TPSA) is 72.8 Å². The normalized spacial score (nSPS) is 13.3. The maximum atomic E-state index is 11.5. The van der Waals surface area contributed by atoms with E-state index in [4.69, 9.17) is 9.47 Å². The molecule has 0 bridgehead atoms. The van der Waals surface area contributed by atoms with Crippen LogP contribution in [0, 0.1) is 20.8 Å². The molecule has 0 saturated heterocycles. The minimum Gasteiger partial charge on any atom is -0.426 e. The van der Waals surface area contributed by atoms with Crippen LogP contribution in [0.4, 0.5) is 0 Å². The second-order valence-corrected chi connectivity index (χ2v) is 6.55. The van der Waals surface area contributed by atoms with Crippen molar-refractivity contribution in [2.24, 2.45) is 0 Å². The molecule has 1 N–H and O–H groups in total. The zero-order valence-corrected chi connectivity index (χ0v) is 15.7. The first-order chi connectivity index (χ1) is 11.0. The van der Waals surface area contributed by atoms with Gasteiger partial charge in [0.1, 0.15) is 11.5 Å². The fraction of sp³-hybridized carbons (Fsp3) is 0.579. The van der Waals surface area contributed by atoms with Gasteiger partial charge >= 0.3 is 11.9 Å². The molecule has 1 atom stereocenters. The monoisotopic (exact) mass is 336 g/mol. The molecule has 134 valence electrons. The van der Waals surface area contributed by atoms with Crippen LogP contribution in [0.25, 0.3) is 0 Å². The highest BCUT2D eigenvalue weighted by Gasteiger charge is 2.24. The molecule has 1 rings (SSSR count). The standard InChI is InChI=1S/C19H28O5/c1-8-19(7,22)10-9-16-13(4)17(23-14(5)20)11(2)12(3)18(16)24-15(6)21/h22H,8-10H2,1-7H3. The van der Waals surface area contributed by atoms with Crippen molar-refractivity contribution < 1.29 is 24.2 Å². The summed E-state index contributed by atoms with van der Waals surface area (Å²) in [6.07, 6.45) is 1.65. The van der Waals surface area contributed by atoms with Crippen molar-refractivity contribution in [3.05, 3.63) is 22.3 Å². The summed E-state index contributed by atoms with van der Waals surface area (Å²) in [6, 6.07) is 0. The highest BCUT2D eigenvalue weighted by molar-refractivity contribution is 5.74. The number of hydrogen-bond donors (Lipinski definition) is 1. The van der Waals surface area contributed by atoms with Gasteiger partial charge in [-0.15, -0.1) is 0 Å². The third kappa shape index (κ3) is 4.81. The highest BCUT2D eigenvalue weighted by atomic mass is 16.5. The highest BCUT2D eigenvalue weighted by Crippen LogP contribution is 2.39. The molecule has 1 aromatic carbocycles. The van der Waals surface area contributed by atoms with Crippen molar-refractivity contribution >= 4 is 11.9 Å². The Hall–Kier alpha value is -1.88. The summed E-state index contributed by atoms with van der Waals surface area (Å²) >= 11 is 0. The van der Waals surface area contributed by atoms with Crippen molar-refractivity contribution in [2.45, 2.75) is 73.3 Å². The van der Waals surface area contributed by atoms with Crippen molar-refractivity contribution in [3.63, 3.8) is 0 Å². The summed E-state index contributed by atoms with van der Waals surface area (Å²) in [5, 5.41) is 10.3. The van der Waals surface area contributed by atoms with E-state index in [1.54, 1.807) is 6.92 Å². The van der Waals surface area contributed by atoms with E-state index in [9.17, 15) is 14.7 Å². The zero-order chi connectivity index (χ0) is 18.7. The van der Waals surface area contributed by atoms with Crippen molar-refractivity contribution in [2.75, 3.05) is 0 Å². The lowest BCUT2D eigenvalue weighted by atomic mass is 9.89. The lowest BCUT2D eigenvalue weighted by Crippen LogP contribution is -2.24. The average Bonchev–Trinajstić information content (AvgIpc) is 2.48. The van der Waals surface area contributed by atoms with Crippen LogP contribution in [0.5, 0.6) is 11.5 Å². The molecule has 0 aliphatic heterocycles. The van der Waals surface area contributed by atoms with Crippen LogP contribution < -0.4 is 9.47 Å². The fourth-order valence-electron chi connectivity index (χ4n) is 2.61. The Kier molecular flexibility index (Phi) is 6.55. The van der Waals surface area contributed by atoms with Crippen LogP contribution in [-0.2, 0) is 16.0 Å². The van der Waals surface area contributed by atoms with E-state index in [1.165, 1.54) is 13.8 Å². The molecule has 0 fully saturated rings. The van der Waals surface area contributed by atoms with Gasteiger partial charge in [0.05, 0.1) is 5.60 Å². The van der Waals surface area contributed by atoms with E-state index < -0.39 is 17.5 Å². The minimum absolute atomic E-state index is 0.396. The predicted octanol–water partition coefficient (Wildman–Crippen LogP) is 3.56. The molecule has 0 radical (unpaired) electrons. The van der Waals surface area contributed by atoms with E-state index in [1.807, 2.05) is 27.7 Å². The molecule has 0 aliphatic carbocycles. The number of esters is 2. The number of benzene rings is 1. The lowest BCUT2D eigenvalue weighted by Gasteiger charge is -2.24. The third-order valence-electron chi connectivity index (χ3n) is 4.48. The van der Waals surface area contributed by atoms with Gasteiger partial charge < -0.3 is 14.6 Å². The van der Waals surface area contributed by atoms with Gasteiger partial charge in [-0.05, 0) is 63.6 Å². The molecule has 0 aromatic heterocycles. The maximum Gasteiger partial charge on any atom is 0.308 e. The number of carbonyl (C=O) groups excluding carboxylic acids is 2. The summed E-state index contributed by atoms with van der Waals surface area (Å²) in [5.41, 5.74) is 2.28. The van der Waals surface area contributed by atoms with E-state index in [-0.39, 0.29) is 0 Å². The summed E-state index contributed by atoms with van der Waals surface area (Å²) in [5.74, 6) is 0.204. The Balaban J connectivity index is 3.46. The lowest BCUT2D eigenvalue weighted by molar-refractivity contribution is -0.133. The van der Waals surface area contributed by atoms with Crippen LogP contribution in [0.15, 0.2) is 0 Å². The molecule has 0 saturated carbocycles. The molecule has 1 aromatic rings. The number of carbonyl (C=O) groups is 2. The molecule has 1 unspecified atom stereocenters. The molecular weight excluding hydrogens is 308 g/mol. The van der Waals surface area contributed by atoms with E-state index in [2.05, 4.69) is 0 Å². The van der Waals surface area contributed by atoms with Crippen LogP contribution in [-0.4, -0.2) is 22.6 Å². The Morgan fingerprint density at radius 3 is 1.88 bits per heavy atom. The fourth-order valence-corrected chi connectivity index (χ4v) is 2.61. The molecule has 0 spiro atoms. The SMILES string of the molecule is CCC(C)(O)CCc1c(C)c(OC(C)=O)c(C)c(C)c1OC(C)=O. The van der Waals surface area contributed by atoms with Crippen LogP contribution >= 0.6 is 0 Å². The van der Waals surface area contributed by atoms with Crippen molar-refractivity contribution in [3.8, 4) is 11.5 Å². The molecule has 0 heterocycles. The zero-order valence-electron chi connectivity index (χ0n) is 15.7. The molecule has 5 nitrogen and oxygen atoms in total. The molecule has 5 heteroatoms. The van der Waals surface area contributed by atoms with Gasteiger partial charge in [0.15, 0.2) is 0 Å². The number of hydrogen-bond acceptors (Lipinski definition) is 5. The van der Waals surface area contributed by atoms with Crippen LogP contribution in [0.1, 0.15) is 62.8 Å². The maximum absolute atomic E-state index is 11.5. The molecular formula is C19H28O5. The Morgan fingerprint density at radius 2 is 1.42 bits per heavy atom. The van der Waals surface area contributed by atoms with Crippen molar-refractivity contribution in [1.29, 1.82) is 0 Å². The smallest absolute Gasteiger partial charge is 0.308 e. The van der Waals surface area contributed by atoms with Gasteiger partial charge in [0.25, 0.3) is 0 Å². The Bertz CT molecular complexity index is 644. The number of rotatable bonds is 6. The second-order valence-electron chi connectivity index (χ2n) is 6.55. The summed E-state index contributed by atoms with van der Waals surface area (Å²) in [6.45, 7) is 11.9. The second kappa shape index (κ2) is 7.79. The average molecular weight is 336 g/mol. The Morgan fingerprint density at radius 1 is 0.958 bits per heavy atom. The van der Waals surface area contributed by atoms with Crippen molar-refractivity contribution in [1.82, 2.24) is 0 Å². The third-order valence-corrected chi connectivity index (χ3v) is 4.48. The first-order valence-electron chi connectivity index (χ1n) is 8.22. The van der Waals surface area contributed by atoms with E-state index in [0.717, 1.165) is 22.3 Å². The molecule has 24 heavy (non-hydrogen) atoms. The Labute approximate surface area is 144 Å². The number of ether oxygens (including phenoxy) is 2. The first-order valence-corrected chi connectivity index (χ1v) is 8.22. The van der Waals surface area contributed by atoms with Gasteiger partial charge in [-0.25, -0.2) is 0 Å². The van der Waals surface area contributed by atoms with Gasteiger partial charge in [-0.1, -0.05) is 6.92 Å². The minimum atomic E-state index is -0.805.